The number of carbonyl (C=O) groups excluding carboxylic acids is 1. The molecule has 4 heteroatoms. The second-order valence-corrected chi connectivity index (χ2v) is 7.70. The zero-order valence-electron chi connectivity index (χ0n) is 16.8. The van der Waals surface area contributed by atoms with Gasteiger partial charge in [0.1, 0.15) is 0 Å². The molecule has 0 radical (unpaired) electrons. The molecular formula is C24H27N3O. The molecule has 2 aromatic carbocycles. The van der Waals surface area contributed by atoms with Gasteiger partial charge in [0.15, 0.2) is 0 Å². The highest BCUT2D eigenvalue weighted by Crippen LogP contribution is 2.26. The highest BCUT2D eigenvalue weighted by atomic mass is 16.2. The number of H-pyrrole nitrogens is 1. The van der Waals surface area contributed by atoms with Gasteiger partial charge in [0.2, 0.25) is 0 Å². The van der Waals surface area contributed by atoms with Crippen LogP contribution in [0.15, 0.2) is 54.9 Å². The van der Waals surface area contributed by atoms with Crippen LogP contribution < -0.4 is 4.90 Å². The Kier molecular flexibility index (Phi) is 4.95. The maximum Gasteiger partial charge on any atom is 0.253 e. The largest absolute Gasteiger partial charge is 0.368 e. The minimum absolute atomic E-state index is 0.129. The van der Waals surface area contributed by atoms with E-state index in [1.165, 1.54) is 16.8 Å². The summed E-state index contributed by atoms with van der Waals surface area (Å²) in [7, 11) is 0. The normalized spacial score (nSPS) is 14.4. The molecule has 0 spiro atoms. The number of piperazine rings is 1. The van der Waals surface area contributed by atoms with E-state index in [9.17, 15) is 4.79 Å². The number of rotatable bonds is 3. The number of amides is 1. The average molecular weight is 374 g/mol. The molecule has 1 saturated heterocycles. The maximum atomic E-state index is 13.0. The lowest BCUT2D eigenvalue weighted by atomic mass is 10.00. The van der Waals surface area contributed by atoms with Gasteiger partial charge in [0, 0.05) is 49.8 Å². The molecular weight excluding hydrogens is 346 g/mol. The van der Waals surface area contributed by atoms with E-state index in [0.717, 1.165) is 48.4 Å². The summed E-state index contributed by atoms with van der Waals surface area (Å²) in [6.45, 7) is 9.60. The van der Waals surface area contributed by atoms with Crippen molar-refractivity contribution in [3.05, 3.63) is 77.1 Å². The minimum Gasteiger partial charge on any atom is -0.368 e. The second-order valence-electron chi connectivity index (χ2n) is 7.70. The topological polar surface area (TPSA) is 39.3 Å². The van der Waals surface area contributed by atoms with E-state index in [4.69, 9.17) is 0 Å². The van der Waals surface area contributed by atoms with Crippen LogP contribution in [0.3, 0.4) is 0 Å². The van der Waals surface area contributed by atoms with E-state index < -0.39 is 0 Å². The predicted octanol–water partition coefficient (Wildman–Crippen LogP) is 4.57. The third-order valence-electron chi connectivity index (χ3n) is 5.64. The standard InChI is InChI=1S/C24H27N3O/c1-17-4-7-23(19(3)14-17)26-10-12-27(13-11-26)24(28)20-5-6-22(18(2)15-20)21-8-9-25-16-21/h4-9,14-16,25H,10-13H2,1-3H3. The van der Waals surface area contributed by atoms with Gasteiger partial charge in [-0.3, -0.25) is 4.79 Å². The number of benzene rings is 2. The number of nitrogens with zero attached hydrogens (tertiary/aromatic N) is 2. The van der Waals surface area contributed by atoms with Crippen LogP contribution in [0.4, 0.5) is 5.69 Å². The molecule has 1 N–H and O–H groups in total. The monoisotopic (exact) mass is 373 g/mol. The highest BCUT2D eigenvalue weighted by molar-refractivity contribution is 5.95. The molecule has 0 bridgehead atoms. The molecule has 1 fully saturated rings. The Morgan fingerprint density at radius 2 is 1.68 bits per heavy atom. The van der Waals surface area contributed by atoms with Crippen LogP contribution in [-0.4, -0.2) is 42.0 Å². The summed E-state index contributed by atoms with van der Waals surface area (Å²) >= 11 is 0. The molecule has 4 nitrogen and oxygen atoms in total. The quantitative estimate of drug-likeness (QED) is 0.730. The van der Waals surface area contributed by atoms with Gasteiger partial charge in [0.05, 0.1) is 0 Å². The van der Waals surface area contributed by atoms with Gasteiger partial charge in [-0.2, -0.15) is 0 Å². The third kappa shape index (κ3) is 3.55. The van der Waals surface area contributed by atoms with E-state index in [1.807, 2.05) is 29.4 Å². The van der Waals surface area contributed by atoms with Crippen LogP contribution in [0, 0.1) is 20.8 Å². The van der Waals surface area contributed by atoms with Crippen LogP contribution in [0.25, 0.3) is 11.1 Å². The van der Waals surface area contributed by atoms with Crippen molar-refractivity contribution in [3.63, 3.8) is 0 Å². The van der Waals surface area contributed by atoms with Crippen LogP contribution in [0.1, 0.15) is 27.0 Å². The fourth-order valence-electron chi connectivity index (χ4n) is 4.11. The van der Waals surface area contributed by atoms with Gasteiger partial charge in [0.25, 0.3) is 5.91 Å². The van der Waals surface area contributed by atoms with Crippen molar-refractivity contribution in [1.82, 2.24) is 9.88 Å². The van der Waals surface area contributed by atoms with E-state index in [0.29, 0.717) is 0 Å². The molecule has 1 aromatic heterocycles. The van der Waals surface area contributed by atoms with Crippen LogP contribution >= 0.6 is 0 Å². The first kappa shape index (κ1) is 18.4. The molecule has 0 atom stereocenters. The van der Waals surface area contributed by atoms with Gasteiger partial charge < -0.3 is 14.8 Å². The maximum absolute atomic E-state index is 13.0. The number of aromatic amines is 1. The Labute approximate surface area is 166 Å². The summed E-state index contributed by atoms with van der Waals surface area (Å²) < 4.78 is 0. The highest BCUT2D eigenvalue weighted by Gasteiger charge is 2.23. The lowest BCUT2D eigenvalue weighted by Crippen LogP contribution is -2.49. The Bertz CT molecular complexity index is 983. The Morgan fingerprint density at radius 1 is 0.893 bits per heavy atom. The molecule has 1 aliphatic heterocycles. The Morgan fingerprint density at radius 3 is 2.32 bits per heavy atom. The van der Waals surface area contributed by atoms with Crippen molar-refractivity contribution in [2.75, 3.05) is 31.1 Å². The van der Waals surface area contributed by atoms with Gasteiger partial charge in [-0.15, -0.1) is 0 Å². The van der Waals surface area contributed by atoms with Crippen molar-refractivity contribution in [3.8, 4) is 11.1 Å². The average Bonchev–Trinajstić information content (AvgIpc) is 3.22. The third-order valence-corrected chi connectivity index (χ3v) is 5.64. The fourth-order valence-corrected chi connectivity index (χ4v) is 4.11. The predicted molar refractivity (Wildman–Crippen MR) is 115 cm³/mol. The molecule has 144 valence electrons. The molecule has 0 aliphatic carbocycles. The molecule has 4 rings (SSSR count). The summed E-state index contributed by atoms with van der Waals surface area (Å²) in [4.78, 5) is 20.5. The SMILES string of the molecule is Cc1ccc(N2CCN(C(=O)c3ccc(-c4cc[nH]c4)c(C)c3)CC2)c(C)c1. The molecule has 3 aromatic rings. The summed E-state index contributed by atoms with van der Waals surface area (Å²) in [5.74, 6) is 0.129. The number of aromatic nitrogens is 1. The van der Waals surface area contributed by atoms with Crippen molar-refractivity contribution in [1.29, 1.82) is 0 Å². The van der Waals surface area contributed by atoms with Crippen molar-refractivity contribution < 1.29 is 4.79 Å². The number of hydrogen-bond acceptors (Lipinski definition) is 2. The number of aryl methyl sites for hydroxylation is 3. The summed E-state index contributed by atoms with van der Waals surface area (Å²) in [6, 6.07) is 14.7. The fraction of sp³-hybridized carbons (Fsp3) is 0.292. The second kappa shape index (κ2) is 7.55. The number of carbonyl (C=O) groups is 1. The first-order chi connectivity index (χ1) is 13.5. The number of anilines is 1. The van der Waals surface area contributed by atoms with E-state index in [-0.39, 0.29) is 5.91 Å². The molecule has 0 saturated carbocycles. The molecule has 1 amide bonds. The lowest BCUT2D eigenvalue weighted by Gasteiger charge is -2.37. The van der Waals surface area contributed by atoms with Gasteiger partial charge in [-0.05, 0) is 67.3 Å². The van der Waals surface area contributed by atoms with Crippen molar-refractivity contribution >= 4 is 11.6 Å². The number of hydrogen-bond donors (Lipinski definition) is 1. The first-order valence-electron chi connectivity index (χ1n) is 9.88. The zero-order chi connectivity index (χ0) is 19.7. The Balaban J connectivity index is 1.45. The van der Waals surface area contributed by atoms with Crippen LogP contribution in [0.2, 0.25) is 0 Å². The van der Waals surface area contributed by atoms with E-state index in [2.05, 4.69) is 61.0 Å². The summed E-state index contributed by atoms with van der Waals surface area (Å²) in [6.07, 6.45) is 3.90. The van der Waals surface area contributed by atoms with Gasteiger partial charge >= 0.3 is 0 Å². The minimum atomic E-state index is 0.129. The molecule has 0 unspecified atom stereocenters. The Hall–Kier alpha value is -3.01. The van der Waals surface area contributed by atoms with Gasteiger partial charge in [-0.25, -0.2) is 0 Å². The van der Waals surface area contributed by atoms with Crippen molar-refractivity contribution in [2.45, 2.75) is 20.8 Å². The summed E-state index contributed by atoms with van der Waals surface area (Å²) in [5, 5.41) is 0. The van der Waals surface area contributed by atoms with Gasteiger partial charge in [-0.1, -0.05) is 23.8 Å². The number of nitrogens with one attached hydrogen (secondary N) is 1. The van der Waals surface area contributed by atoms with Crippen molar-refractivity contribution in [2.24, 2.45) is 0 Å². The van der Waals surface area contributed by atoms with Crippen LogP contribution in [0.5, 0.6) is 0 Å². The van der Waals surface area contributed by atoms with E-state index >= 15 is 0 Å². The smallest absolute Gasteiger partial charge is 0.253 e. The molecule has 1 aliphatic rings. The zero-order valence-corrected chi connectivity index (χ0v) is 16.8. The molecule has 28 heavy (non-hydrogen) atoms. The lowest BCUT2D eigenvalue weighted by molar-refractivity contribution is 0.0746. The summed E-state index contributed by atoms with van der Waals surface area (Å²) in [5.41, 5.74) is 8.08. The molecule has 2 heterocycles. The van der Waals surface area contributed by atoms with E-state index in [1.54, 1.807) is 0 Å². The first-order valence-corrected chi connectivity index (χ1v) is 9.88. The van der Waals surface area contributed by atoms with Crippen LogP contribution in [-0.2, 0) is 0 Å².